The second kappa shape index (κ2) is 10.7. The number of ketones is 1. The fraction of sp³-hybridized carbons (Fsp3) is 0.839. The molecule has 0 spiro atoms. The molecule has 2 amide bonds. The number of likely N-dealkylation sites (tertiary alicyclic amines) is 1. The van der Waals surface area contributed by atoms with Crippen LogP contribution in [0, 0.1) is 45.8 Å². The first kappa shape index (κ1) is 29.3. The van der Waals surface area contributed by atoms with E-state index in [9.17, 15) is 14.4 Å². The van der Waals surface area contributed by atoms with Gasteiger partial charge in [-0.25, -0.2) is 4.79 Å². The van der Waals surface area contributed by atoms with Gasteiger partial charge >= 0.3 is 6.09 Å². The van der Waals surface area contributed by atoms with Crippen molar-refractivity contribution in [1.82, 2.24) is 10.2 Å². The molecule has 7 heteroatoms. The average Bonchev–Trinajstić information content (AvgIpc) is 3.27. The van der Waals surface area contributed by atoms with Gasteiger partial charge < -0.3 is 14.4 Å². The van der Waals surface area contributed by atoms with Crippen LogP contribution >= 0.6 is 0 Å². The molecule has 1 N–H and O–H groups in total. The summed E-state index contributed by atoms with van der Waals surface area (Å²) in [5.74, 6) is 0.159. The van der Waals surface area contributed by atoms with Gasteiger partial charge in [-0.15, -0.1) is 0 Å². The maximum atomic E-state index is 14.2. The van der Waals surface area contributed by atoms with Gasteiger partial charge in [-0.2, -0.15) is 0 Å². The zero-order chi connectivity index (χ0) is 28.0. The molecule has 10 atom stereocenters. The first-order valence-electron chi connectivity index (χ1n) is 14.7. The second-order valence-electron chi connectivity index (χ2n) is 13.6. The maximum Gasteiger partial charge on any atom is 0.414 e. The number of hydrogen-bond donors (Lipinski definition) is 1. The Morgan fingerprint density at radius 1 is 1.11 bits per heavy atom. The highest BCUT2D eigenvalue weighted by Crippen LogP contribution is 2.68. The van der Waals surface area contributed by atoms with Gasteiger partial charge in [0.2, 0.25) is 5.91 Å². The van der Waals surface area contributed by atoms with Crippen molar-refractivity contribution in [2.45, 2.75) is 92.3 Å². The summed E-state index contributed by atoms with van der Waals surface area (Å²) in [6.07, 6.45) is 7.86. The molecule has 4 aliphatic rings. The zero-order valence-electron chi connectivity index (χ0n) is 24.8. The predicted octanol–water partition coefficient (Wildman–Crippen LogP) is 5.23. The number of ether oxygens (including phenoxy) is 2. The Morgan fingerprint density at radius 3 is 2.45 bits per heavy atom. The van der Waals surface area contributed by atoms with Gasteiger partial charge in [-0.05, 0) is 76.8 Å². The molecular weight excluding hydrogens is 480 g/mol. The summed E-state index contributed by atoms with van der Waals surface area (Å²) in [6.45, 7) is 14.2. The van der Waals surface area contributed by atoms with Crippen molar-refractivity contribution < 1.29 is 23.9 Å². The number of hydrogen-bond acceptors (Lipinski definition) is 6. The van der Waals surface area contributed by atoms with Crippen LogP contribution in [0.1, 0.15) is 80.1 Å². The number of rotatable bonds is 4. The second-order valence-corrected chi connectivity index (χ2v) is 13.6. The number of nitrogens with zero attached hydrogens (tertiary/aromatic N) is 1. The van der Waals surface area contributed by atoms with Crippen molar-refractivity contribution in [1.29, 1.82) is 0 Å². The van der Waals surface area contributed by atoms with Crippen LogP contribution in [0.3, 0.4) is 0 Å². The number of piperidine rings is 1. The topological polar surface area (TPSA) is 84.9 Å². The Balaban J connectivity index is 1.70. The summed E-state index contributed by atoms with van der Waals surface area (Å²) < 4.78 is 12.4. The van der Waals surface area contributed by atoms with Gasteiger partial charge in [0.15, 0.2) is 0 Å². The van der Waals surface area contributed by atoms with Crippen LogP contribution in [0.25, 0.3) is 0 Å². The molecule has 3 saturated carbocycles. The number of methoxy groups -OCH3 is 1. The fourth-order valence-electron chi connectivity index (χ4n) is 9.05. The Morgan fingerprint density at radius 2 is 1.79 bits per heavy atom. The van der Waals surface area contributed by atoms with E-state index < -0.39 is 23.0 Å². The van der Waals surface area contributed by atoms with Gasteiger partial charge in [0.25, 0.3) is 0 Å². The third-order valence-electron chi connectivity index (χ3n) is 11.6. The Labute approximate surface area is 229 Å². The molecule has 3 aliphatic carbocycles. The smallest absolute Gasteiger partial charge is 0.414 e. The van der Waals surface area contributed by atoms with Crippen molar-refractivity contribution in [2.24, 2.45) is 45.8 Å². The van der Waals surface area contributed by atoms with Crippen LogP contribution in [0.2, 0.25) is 0 Å². The van der Waals surface area contributed by atoms with E-state index >= 15 is 0 Å². The minimum absolute atomic E-state index is 0.0125. The highest BCUT2D eigenvalue weighted by molar-refractivity contribution is 5.93. The lowest BCUT2D eigenvalue weighted by molar-refractivity contribution is -0.189. The van der Waals surface area contributed by atoms with E-state index in [0.29, 0.717) is 13.0 Å². The largest absolute Gasteiger partial charge is 0.445 e. The summed E-state index contributed by atoms with van der Waals surface area (Å²) in [4.78, 5) is 42.9. The molecule has 4 fully saturated rings. The van der Waals surface area contributed by atoms with Crippen molar-refractivity contribution in [3.63, 3.8) is 0 Å². The molecule has 214 valence electrons. The van der Waals surface area contributed by atoms with Crippen molar-refractivity contribution in [2.75, 3.05) is 27.2 Å². The molecule has 2 bridgehead atoms. The lowest BCUT2D eigenvalue weighted by atomic mass is 9.44. The number of carbonyl (C=O) groups excluding carboxylic acids is 3. The average molecular weight is 531 g/mol. The molecule has 0 aromatic heterocycles. The summed E-state index contributed by atoms with van der Waals surface area (Å²) in [7, 11) is 3.77. The number of allylic oxidation sites excluding steroid dienone is 2. The Hall–Kier alpha value is -1.73. The van der Waals surface area contributed by atoms with E-state index in [1.54, 1.807) is 7.11 Å². The summed E-state index contributed by atoms with van der Waals surface area (Å²) in [5, 5.41) is 2.59. The first-order valence-corrected chi connectivity index (χ1v) is 14.7. The van der Waals surface area contributed by atoms with E-state index in [1.807, 2.05) is 33.0 Å². The number of amides is 2. The molecular formula is C31H50N2O5. The lowest BCUT2D eigenvalue weighted by Gasteiger charge is -2.61. The van der Waals surface area contributed by atoms with Crippen LogP contribution in [0.15, 0.2) is 12.2 Å². The molecule has 1 saturated heterocycles. The maximum absolute atomic E-state index is 14.2. The summed E-state index contributed by atoms with van der Waals surface area (Å²) in [6, 6.07) is 0. The molecule has 0 radical (unpaired) electrons. The predicted molar refractivity (Wildman–Crippen MR) is 147 cm³/mol. The summed E-state index contributed by atoms with van der Waals surface area (Å²) >= 11 is 0. The van der Waals surface area contributed by atoms with Gasteiger partial charge in [0.1, 0.15) is 11.9 Å². The molecule has 1 aliphatic heterocycles. The van der Waals surface area contributed by atoms with Gasteiger partial charge in [0.05, 0.1) is 12.0 Å². The lowest BCUT2D eigenvalue weighted by Crippen LogP contribution is -2.63. The third-order valence-corrected chi connectivity index (χ3v) is 11.6. The van der Waals surface area contributed by atoms with Gasteiger partial charge in [-0.1, -0.05) is 39.8 Å². The Bertz CT molecular complexity index is 966. The fourth-order valence-corrected chi connectivity index (χ4v) is 9.05. The number of alkyl carbamates (subject to hydrolysis) is 1. The van der Waals surface area contributed by atoms with Crippen LogP contribution in [0.5, 0.6) is 0 Å². The third kappa shape index (κ3) is 4.66. The SMILES string of the molecule is C/C=C/[C@]1(C)C[C@@H](OC(=O)NC(=O)[C@H]2CN(C)CC[C@@H]2C)[C@@]2(C)C3[C@H](OC)CCC3(CC[C@H]2C)[C@@H](C)C1=O. The monoisotopic (exact) mass is 530 g/mol. The van der Waals surface area contributed by atoms with E-state index in [4.69, 9.17) is 9.47 Å². The standard InChI is InChI=1S/C31H50N2O5/c1-9-13-29(5)17-24(38-28(36)32-27(35)22-18-33(7)16-12-19(22)2)30(6)20(3)10-14-31(21(4)26(29)34)15-11-23(37-8)25(30)31/h9,13,19-25H,10-12,14-18H2,1-8H3,(H,32,35,36)/b13-9+/t19-,20+,21-,22-,23+,24+,25?,29+,30-,31?/m0/s1. The number of imide groups is 1. The van der Waals surface area contributed by atoms with Crippen LogP contribution in [0.4, 0.5) is 4.79 Å². The molecule has 2 unspecified atom stereocenters. The van der Waals surface area contributed by atoms with E-state index in [2.05, 4.69) is 37.9 Å². The van der Waals surface area contributed by atoms with E-state index in [1.165, 1.54) is 0 Å². The molecule has 4 rings (SSSR count). The molecule has 1 heterocycles. The van der Waals surface area contributed by atoms with Crippen molar-refractivity contribution in [3.8, 4) is 0 Å². The zero-order valence-corrected chi connectivity index (χ0v) is 24.8. The van der Waals surface area contributed by atoms with E-state index in [-0.39, 0.29) is 52.8 Å². The number of Topliss-reactive ketones (excluding diaryl/α,β-unsaturated/α-hetero) is 1. The quantitative estimate of drug-likeness (QED) is 0.501. The van der Waals surface area contributed by atoms with Gasteiger partial charge in [-0.3, -0.25) is 14.9 Å². The normalized spacial score (nSPS) is 45.8. The number of carbonyl (C=O) groups is 3. The first-order chi connectivity index (χ1) is 17.8. The molecule has 38 heavy (non-hydrogen) atoms. The van der Waals surface area contributed by atoms with Gasteiger partial charge in [0, 0.05) is 42.7 Å². The summed E-state index contributed by atoms with van der Waals surface area (Å²) in [5.41, 5.74) is -1.34. The van der Waals surface area contributed by atoms with Crippen LogP contribution < -0.4 is 5.32 Å². The minimum Gasteiger partial charge on any atom is -0.445 e. The minimum atomic E-state index is -0.759. The van der Waals surface area contributed by atoms with Crippen LogP contribution in [-0.4, -0.2) is 62.1 Å². The highest BCUT2D eigenvalue weighted by atomic mass is 16.6. The van der Waals surface area contributed by atoms with Crippen LogP contribution in [-0.2, 0) is 19.1 Å². The molecule has 0 aromatic rings. The van der Waals surface area contributed by atoms with Crippen molar-refractivity contribution in [3.05, 3.63) is 12.2 Å². The van der Waals surface area contributed by atoms with Crippen molar-refractivity contribution >= 4 is 17.8 Å². The molecule has 0 aromatic carbocycles. The number of nitrogens with one attached hydrogen (secondary N) is 1. The molecule has 7 nitrogen and oxygen atoms in total. The van der Waals surface area contributed by atoms with E-state index in [0.717, 1.165) is 38.6 Å². The highest BCUT2D eigenvalue weighted by Gasteiger charge is 2.68. The Kier molecular flexibility index (Phi) is 8.22.